The molecule has 0 saturated carbocycles. The Labute approximate surface area is 106 Å². The van der Waals surface area contributed by atoms with Gasteiger partial charge in [-0.05, 0) is 6.92 Å². The molecule has 0 aromatic carbocycles. The first kappa shape index (κ1) is 13.0. The van der Waals surface area contributed by atoms with Crippen LogP contribution in [0.3, 0.4) is 0 Å². The topological polar surface area (TPSA) is 67.6 Å². The number of carboxylic acid groups (broad SMARTS) is 1. The van der Waals surface area contributed by atoms with Gasteiger partial charge < -0.3 is 14.4 Å². The minimum atomic E-state index is -0.782. The quantitative estimate of drug-likeness (QED) is 0.838. The summed E-state index contributed by atoms with van der Waals surface area (Å²) in [5, 5.41) is 9.09. The lowest BCUT2D eigenvalue weighted by Crippen LogP contribution is -2.40. The number of nitrogens with zero attached hydrogens (tertiary/aromatic N) is 3. The molecule has 0 bridgehead atoms. The molecule has 100 valence electrons. The van der Waals surface area contributed by atoms with Gasteiger partial charge in [-0.15, -0.1) is 0 Å². The number of rotatable bonds is 5. The van der Waals surface area contributed by atoms with Gasteiger partial charge in [-0.25, -0.2) is 4.98 Å². The van der Waals surface area contributed by atoms with Gasteiger partial charge in [0.1, 0.15) is 0 Å². The van der Waals surface area contributed by atoms with E-state index < -0.39 is 5.97 Å². The highest BCUT2D eigenvalue weighted by atomic mass is 16.5. The Morgan fingerprint density at radius 3 is 2.89 bits per heavy atom. The molecule has 1 atom stereocenters. The molecule has 6 heteroatoms. The summed E-state index contributed by atoms with van der Waals surface area (Å²) in [7, 11) is 0. The Morgan fingerprint density at radius 2 is 2.28 bits per heavy atom. The summed E-state index contributed by atoms with van der Waals surface area (Å²) in [5.74, 6) is -0.782. The highest BCUT2D eigenvalue weighted by Gasteiger charge is 2.27. The molecule has 1 aliphatic heterocycles. The zero-order valence-electron chi connectivity index (χ0n) is 10.6. The maximum atomic E-state index is 11.1. The Bertz CT molecular complexity index is 399. The van der Waals surface area contributed by atoms with Crippen LogP contribution < -0.4 is 0 Å². The molecule has 1 unspecified atom stereocenters. The molecule has 1 aliphatic rings. The third-order valence-corrected chi connectivity index (χ3v) is 3.28. The van der Waals surface area contributed by atoms with Gasteiger partial charge in [0.25, 0.3) is 0 Å². The van der Waals surface area contributed by atoms with Gasteiger partial charge in [0, 0.05) is 25.8 Å². The van der Waals surface area contributed by atoms with Crippen molar-refractivity contribution in [3.05, 3.63) is 18.2 Å². The van der Waals surface area contributed by atoms with Crippen molar-refractivity contribution in [3.63, 3.8) is 0 Å². The molecule has 2 heterocycles. The lowest BCUT2D eigenvalue weighted by Gasteiger charge is -2.33. The molecule has 1 fully saturated rings. The summed E-state index contributed by atoms with van der Waals surface area (Å²) in [6.07, 6.45) is 3.63. The molecule has 1 N–H and O–H groups in total. The molecule has 1 aromatic rings. The number of hydrogen-bond donors (Lipinski definition) is 1. The molecule has 0 amide bonds. The summed E-state index contributed by atoms with van der Waals surface area (Å²) in [6, 6.07) is -0.117. The van der Waals surface area contributed by atoms with Crippen molar-refractivity contribution in [2.24, 2.45) is 0 Å². The normalized spacial score (nSPS) is 18.7. The molecule has 0 aliphatic carbocycles. The predicted molar refractivity (Wildman–Crippen MR) is 65.3 cm³/mol. The highest BCUT2D eigenvalue weighted by molar-refractivity contribution is 5.67. The minimum Gasteiger partial charge on any atom is -0.481 e. The van der Waals surface area contributed by atoms with Crippen molar-refractivity contribution in [2.75, 3.05) is 26.3 Å². The summed E-state index contributed by atoms with van der Waals surface area (Å²) >= 11 is 0. The zero-order valence-corrected chi connectivity index (χ0v) is 10.6. The van der Waals surface area contributed by atoms with E-state index in [0.717, 1.165) is 25.3 Å². The number of carboxylic acids is 1. The van der Waals surface area contributed by atoms with Crippen molar-refractivity contribution in [2.45, 2.75) is 25.9 Å². The summed E-state index contributed by atoms with van der Waals surface area (Å²) in [6.45, 7) is 5.70. The number of aryl methyl sites for hydroxylation is 1. The molecule has 1 aromatic heterocycles. The molecule has 18 heavy (non-hydrogen) atoms. The number of hydrogen-bond acceptors (Lipinski definition) is 4. The minimum absolute atomic E-state index is 0.103. The van der Waals surface area contributed by atoms with Gasteiger partial charge in [0.2, 0.25) is 0 Å². The third-order valence-electron chi connectivity index (χ3n) is 3.28. The summed E-state index contributed by atoms with van der Waals surface area (Å²) < 4.78 is 7.32. The van der Waals surface area contributed by atoms with Gasteiger partial charge in [-0.3, -0.25) is 9.69 Å². The van der Waals surface area contributed by atoms with Crippen LogP contribution in [0.1, 0.15) is 25.1 Å². The van der Waals surface area contributed by atoms with Gasteiger partial charge in [-0.1, -0.05) is 0 Å². The van der Waals surface area contributed by atoms with E-state index in [1.807, 2.05) is 11.5 Å². The molecular formula is C12H19N3O3. The Hall–Kier alpha value is -1.40. The van der Waals surface area contributed by atoms with E-state index in [1.165, 1.54) is 0 Å². The van der Waals surface area contributed by atoms with Crippen molar-refractivity contribution in [1.29, 1.82) is 0 Å². The van der Waals surface area contributed by atoms with Crippen molar-refractivity contribution in [3.8, 4) is 0 Å². The first-order valence-corrected chi connectivity index (χ1v) is 6.26. The van der Waals surface area contributed by atoms with Gasteiger partial charge in [0.15, 0.2) is 0 Å². The Morgan fingerprint density at radius 1 is 1.56 bits per heavy atom. The van der Waals surface area contributed by atoms with Crippen LogP contribution in [0.25, 0.3) is 0 Å². The average Bonchev–Trinajstić information content (AvgIpc) is 2.85. The first-order chi connectivity index (χ1) is 8.72. The number of aliphatic carboxylic acids is 1. The van der Waals surface area contributed by atoms with Gasteiger partial charge in [-0.2, -0.15) is 0 Å². The van der Waals surface area contributed by atoms with E-state index in [2.05, 4.69) is 9.88 Å². The average molecular weight is 253 g/mol. The van der Waals surface area contributed by atoms with Crippen LogP contribution in [0.5, 0.6) is 0 Å². The fraction of sp³-hybridized carbons (Fsp3) is 0.667. The predicted octanol–water partition coefficient (Wildman–Crippen LogP) is 0.751. The van der Waals surface area contributed by atoms with Gasteiger partial charge >= 0.3 is 5.97 Å². The second kappa shape index (κ2) is 5.97. The molecule has 0 radical (unpaired) electrons. The van der Waals surface area contributed by atoms with Crippen LogP contribution >= 0.6 is 0 Å². The molecule has 6 nitrogen and oxygen atoms in total. The van der Waals surface area contributed by atoms with Gasteiger partial charge in [0.05, 0.1) is 37.7 Å². The molecular weight excluding hydrogens is 234 g/mol. The van der Waals surface area contributed by atoms with E-state index in [0.29, 0.717) is 13.2 Å². The third kappa shape index (κ3) is 2.88. The van der Waals surface area contributed by atoms with E-state index in [1.54, 1.807) is 12.5 Å². The number of morpholine rings is 1. The molecule has 0 spiro atoms. The lowest BCUT2D eigenvalue weighted by atomic mass is 10.1. The van der Waals surface area contributed by atoms with Crippen molar-refractivity contribution >= 4 is 5.97 Å². The van der Waals surface area contributed by atoms with E-state index in [4.69, 9.17) is 9.84 Å². The fourth-order valence-corrected chi connectivity index (χ4v) is 2.35. The number of ether oxygens (including phenoxy) is 1. The molecule has 1 saturated heterocycles. The number of carbonyl (C=O) groups is 1. The van der Waals surface area contributed by atoms with Crippen LogP contribution in [0, 0.1) is 0 Å². The summed E-state index contributed by atoms with van der Waals surface area (Å²) in [4.78, 5) is 17.4. The first-order valence-electron chi connectivity index (χ1n) is 6.26. The van der Waals surface area contributed by atoms with Crippen LogP contribution in [-0.4, -0.2) is 51.8 Å². The SMILES string of the molecule is CCn1cncc1C(CC(=O)O)N1CCOCC1. The Kier molecular flexibility index (Phi) is 4.33. The standard InChI is InChI=1S/C12H19N3O3/c1-2-14-9-13-8-11(14)10(7-12(16)17)15-3-5-18-6-4-15/h8-10H,2-7H2,1H3,(H,16,17). The van der Waals surface area contributed by atoms with E-state index in [9.17, 15) is 4.79 Å². The monoisotopic (exact) mass is 253 g/mol. The van der Waals surface area contributed by atoms with Crippen LogP contribution in [0.15, 0.2) is 12.5 Å². The Balaban J connectivity index is 2.20. The van der Waals surface area contributed by atoms with E-state index >= 15 is 0 Å². The lowest BCUT2D eigenvalue weighted by molar-refractivity contribution is -0.139. The molecule has 2 rings (SSSR count). The maximum absolute atomic E-state index is 11.1. The van der Waals surface area contributed by atoms with E-state index in [-0.39, 0.29) is 12.5 Å². The largest absolute Gasteiger partial charge is 0.481 e. The second-order valence-corrected chi connectivity index (χ2v) is 4.37. The van der Waals surface area contributed by atoms with Crippen molar-refractivity contribution in [1.82, 2.24) is 14.5 Å². The number of aromatic nitrogens is 2. The van der Waals surface area contributed by atoms with Crippen LogP contribution in [-0.2, 0) is 16.1 Å². The maximum Gasteiger partial charge on any atom is 0.305 e. The smallest absolute Gasteiger partial charge is 0.305 e. The zero-order chi connectivity index (χ0) is 13.0. The van der Waals surface area contributed by atoms with Crippen LogP contribution in [0.4, 0.5) is 0 Å². The fourth-order valence-electron chi connectivity index (χ4n) is 2.35. The van der Waals surface area contributed by atoms with Crippen molar-refractivity contribution < 1.29 is 14.6 Å². The second-order valence-electron chi connectivity index (χ2n) is 4.37. The number of imidazole rings is 1. The summed E-state index contributed by atoms with van der Waals surface area (Å²) in [5.41, 5.74) is 0.974. The highest BCUT2D eigenvalue weighted by Crippen LogP contribution is 2.25. The van der Waals surface area contributed by atoms with Crippen LogP contribution in [0.2, 0.25) is 0 Å².